The Labute approximate surface area is 165 Å². The fourth-order valence-electron chi connectivity index (χ4n) is 3.83. The number of aromatic nitrogens is 2. The first-order chi connectivity index (χ1) is 13.7. The van der Waals surface area contributed by atoms with Gasteiger partial charge in [-0.05, 0) is 23.6 Å². The van der Waals surface area contributed by atoms with Gasteiger partial charge in [-0.3, -0.25) is 0 Å². The predicted molar refractivity (Wildman–Crippen MR) is 111 cm³/mol. The Morgan fingerprint density at radius 1 is 1.07 bits per heavy atom. The van der Waals surface area contributed by atoms with Gasteiger partial charge in [-0.2, -0.15) is 0 Å². The second-order valence-electron chi connectivity index (χ2n) is 6.93. The fraction of sp³-hybridized carbons (Fsp3) is 0.364. The SMILES string of the molecule is CCc1ccc([C@H]2CNCCN2c2ncnc3cc(OC)c(OC)cc23)cc1. The molecular formula is C22H26N4O2. The Kier molecular flexibility index (Phi) is 5.30. The third-order valence-electron chi connectivity index (χ3n) is 5.41. The van der Waals surface area contributed by atoms with Gasteiger partial charge in [0, 0.05) is 31.1 Å². The minimum absolute atomic E-state index is 0.214. The van der Waals surface area contributed by atoms with E-state index in [9.17, 15) is 0 Å². The molecule has 1 fully saturated rings. The third-order valence-corrected chi connectivity index (χ3v) is 5.41. The molecule has 146 valence electrons. The van der Waals surface area contributed by atoms with Crippen molar-refractivity contribution in [1.82, 2.24) is 15.3 Å². The molecule has 1 N–H and O–H groups in total. The van der Waals surface area contributed by atoms with Crippen LogP contribution in [0, 0.1) is 0 Å². The predicted octanol–water partition coefficient (Wildman–Crippen LogP) is 3.36. The lowest BCUT2D eigenvalue weighted by atomic mass is 10.0. The molecule has 28 heavy (non-hydrogen) atoms. The minimum Gasteiger partial charge on any atom is -0.493 e. The van der Waals surface area contributed by atoms with Crippen molar-refractivity contribution in [1.29, 1.82) is 0 Å². The highest BCUT2D eigenvalue weighted by Crippen LogP contribution is 2.37. The molecule has 0 unspecified atom stereocenters. The van der Waals surface area contributed by atoms with Gasteiger partial charge in [0.15, 0.2) is 11.5 Å². The monoisotopic (exact) mass is 378 g/mol. The molecule has 1 aliphatic rings. The van der Waals surface area contributed by atoms with E-state index < -0.39 is 0 Å². The van der Waals surface area contributed by atoms with E-state index >= 15 is 0 Å². The normalized spacial score (nSPS) is 17.0. The van der Waals surface area contributed by atoms with Gasteiger partial charge >= 0.3 is 0 Å². The lowest BCUT2D eigenvalue weighted by Gasteiger charge is -2.38. The molecule has 2 aromatic carbocycles. The van der Waals surface area contributed by atoms with E-state index in [4.69, 9.17) is 9.47 Å². The van der Waals surface area contributed by atoms with Crippen molar-refractivity contribution in [2.75, 3.05) is 38.8 Å². The van der Waals surface area contributed by atoms with E-state index in [1.54, 1.807) is 20.5 Å². The van der Waals surface area contributed by atoms with Crippen molar-refractivity contribution in [2.45, 2.75) is 19.4 Å². The largest absolute Gasteiger partial charge is 0.493 e. The van der Waals surface area contributed by atoms with Gasteiger partial charge in [0.05, 0.1) is 25.8 Å². The number of methoxy groups -OCH3 is 2. The number of fused-ring (bicyclic) bond motifs is 1. The molecule has 0 radical (unpaired) electrons. The Hall–Kier alpha value is -2.86. The quantitative estimate of drug-likeness (QED) is 0.735. The summed E-state index contributed by atoms with van der Waals surface area (Å²) in [4.78, 5) is 11.5. The summed E-state index contributed by atoms with van der Waals surface area (Å²) in [5.41, 5.74) is 3.49. The first-order valence-corrected chi connectivity index (χ1v) is 9.68. The molecule has 0 amide bonds. The Balaban J connectivity index is 1.79. The van der Waals surface area contributed by atoms with E-state index in [0.29, 0.717) is 11.5 Å². The first kappa shape index (κ1) is 18.5. The number of hydrogen-bond donors (Lipinski definition) is 1. The summed E-state index contributed by atoms with van der Waals surface area (Å²) in [5, 5.41) is 4.49. The van der Waals surface area contributed by atoms with Crippen molar-refractivity contribution in [3.63, 3.8) is 0 Å². The molecule has 1 saturated heterocycles. The van der Waals surface area contributed by atoms with Crippen LogP contribution in [0.15, 0.2) is 42.7 Å². The number of nitrogens with one attached hydrogen (secondary N) is 1. The summed E-state index contributed by atoms with van der Waals surface area (Å²) in [5.74, 6) is 2.29. The summed E-state index contributed by atoms with van der Waals surface area (Å²) in [6.45, 7) is 4.85. The number of nitrogens with zero attached hydrogens (tertiary/aromatic N) is 3. The molecule has 0 spiro atoms. The maximum atomic E-state index is 5.51. The molecule has 3 aromatic rings. The van der Waals surface area contributed by atoms with Gasteiger partial charge in [-0.15, -0.1) is 0 Å². The van der Waals surface area contributed by atoms with Gasteiger partial charge in [-0.1, -0.05) is 31.2 Å². The Bertz CT molecular complexity index is 959. The number of aryl methyl sites for hydroxylation is 1. The molecule has 0 saturated carbocycles. The second-order valence-corrected chi connectivity index (χ2v) is 6.93. The fourth-order valence-corrected chi connectivity index (χ4v) is 3.83. The second kappa shape index (κ2) is 8.02. The molecule has 2 heterocycles. The van der Waals surface area contributed by atoms with E-state index in [1.165, 1.54) is 11.1 Å². The molecular weight excluding hydrogens is 352 g/mol. The summed E-state index contributed by atoms with van der Waals surface area (Å²) in [7, 11) is 3.29. The van der Waals surface area contributed by atoms with Gasteiger partial charge in [-0.25, -0.2) is 9.97 Å². The zero-order valence-electron chi connectivity index (χ0n) is 16.6. The molecule has 0 bridgehead atoms. The zero-order valence-corrected chi connectivity index (χ0v) is 16.6. The van der Waals surface area contributed by atoms with Crippen LogP contribution in [0.3, 0.4) is 0 Å². The molecule has 0 aliphatic carbocycles. The Morgan fingerprint density at radius 3 is 2.54 bits per heavy atom. The average molecular weight is 378 g/mol. The highest BCUT2D eigenvalue weighted by atomic mass is 16.5. The summed E-state index contributed by atoms with van der Waals surface area (Å²) >= 11 is 0. The van der Waals surface area contributed by atoms with Crippen LogP contribution in [-0.2, 0) is 6.42 Å². The number of piperazine rings is 1. The van der Waals surface area contributed by atoms with Gasteiger partial charge in [0.25, 0.3) is 0 Å². The Morgan fingerprint density at radius 2 is 1.82 bits per heavy atom. The summed E-state index contributed by atoms with van der Waals surface area (Å²) in [6, 6.07) is 13.0. The van der Waals surface area contributed by atoms with Crippen molar-refractivity contribution < 1.29 is 9.47 Å². The molecule has 6 nitrogen and oxygen atoms in total. The number of anilines is 1. The van der Waals surface area contributed by atoms with Crippen LogP contribution in [0.4, 0.5) is 5.82 Å². The van der Waals surface area contributed by atoms with Crippen molar-refractivity contribution in [2.24, 2.45) is 0 Å². The van der Waals surface area contributed by atoms with Crippen molar-refractivity contribution in [3.8, 4) is 11.5 Å². The molecule has 1 aromatic heterocycles. The lowest BCUT2D eigenvalue weighted by molar-refractivity contribution is 0.355. The third kappa shape index (κ3) is 3.36. The number of rotatable bonds is 5. The van der Waals surface area contributed by atoms with E-state index in [2.05, 4.69) is 51.4 Å². The van der Waals surface area contributed by atoms with Crippen LogP contribution in [0.25, 0.3) is 10.9 Å². The maximum absolute atomic E-state index is 5.51. The molecule has 4 rings (SSSR count). The molecule has 1 aliphatic heterocycles. The van der Waals surface area contributed by atoms with E-state index in [-0.39, 0.29) is 6.04 Å². The number of hydrogen-bond acceptors (Lipinski definition) is 6. The van der Waals surface area contributed by atoms with Crippen molar-refractivity contribution in [3.05, 3.63) is 53.9 Å². The topological polar surface area (TPSA) is 59.5 Å². The molecule has 1 atom stereocenters. The van der Waals surface area contributed by atoms with Gasteiger partial charge < -0.3 is 19.7 Å². The first-order valence-electron chi connectivity index (χ1n) is 9.68. The van der Waals surface area contributed by atoms with Gasteiger partial charge in [0.2, 0.25) is 0 Å². The summed E-state index contributed by atoms with van der Waals surface area (Å²) < 4.78 is 10.9. The molecule has 6 heteroatoms. The van der Waals surface area contributed by atoms with Crippen LogP contribution in [0.5, 0.6) is 11.5 Å². The zero-order chi connectivity index (χ0) is 19.5. The standard InChI is InChI=1S/C22H26N4O2/c1-4-15-5-7-16(8-6-15)19-13-23-9-10-26(19)22-17-11-20(27-2)21(28-3)12-18(17)24-14-25-22/h5-8,11-12,14,19,23H,4,9-10,13H2,1-3H3/t19-/m1/s1. The van der Waals surface area contributed by atoms with Crippen LogP contribution >= 0.6 is 0 Å². The number of benzene rings is 2. The van der Waals surface area contributed by atoms with Crippen LogP contribution in [0.2, 0.25) is 0 Å². The van der Waals surface area contributed by atoms with Crippen LogP contribution in [-0.4, -0.2) is 43.8 Å². The summed E-state index contributed by atoms with van der Waals surface area (Å²) in [6.07, 6.45) is 2.67. The highest BCUT2D eigenvalue weighted by Gasteiger charge is 2.27. The minimum atomic E-state index is 0.214. The van der Waals surface area contributed by atoms with E-state index in [1.807, 2.05) is 12.1 Å². The highest BCUT2D eigenvalue weighted by molar-refractivity contribution is 5.92. The average Bonchev–Trinajstić information content (AvgIpc) is 2.77. The van der Waals surface area contributed by atoms with Crippen molar-refractivity contribution >= 4 is 16.7 Å². The lowest BCUT2D eigenvalue weighted by Crippen LogP contribution is -2.46. The van der Waals surface area contributed by atoms with Gasteiger partial charge in [0.1, 0.15) is 12.1 Å². The van der Waals surface area contributed by atoms with Crippen LogP contribution < -0.4 is 19.7 Å². The number of ether oxygens (including phenoxy) is 2. The van der Waals surface area contributed by atoms with Crippen LogP contribution in [0.1, 0.15) is 24.1 Å². The smallest absolute Gasteiger partial charge is 0.162 e. The van der Waals surface area contributed by atoms with E-state index in [0.717, 1.165) is 42.8 Å². The maximum Gasteiger partial charge on any atom is 0.162 e.